The zero-order valence-corrected chi connectivity index (χ0v) is 11.9. The number of carboxylic acid groups (broad SMARTS) is 1. The molecular weight excluding hydrogens is 317 g/mol. The highest BCUT2D eigenvalue weighted by Gasteiger charge is 2.18. The number of rotatable bonds is 3. The van der Waals surface area contributed by atoms with E-state index in [1.807, 2.05) is 0 Å². The number of carbonyl (C=O) groups excluding carboxylic acids is 1. The number of benzene rings is 2. The molecular formula is C14H9Cl2NO4. The van der Waals surface area contributed by atoms with Crippen LogP contribution in [0.2, 0.25) is 10.0 Å². The van der Waals surface area contributed by atoms with Crippen molar-refractivity contribution in [3.05, 3.63) is 57.6 Å². The van der Waals surface area contributed by atoms with E-state index in [0.717, 1.165) is 0 Å². The molecule has 0 aliphatic heterocycles. The third-order valence-electron chi connectivity index (χ3n) is 2.68. The number of hydrogen-bond acceptors (Lipinski definition) is 3. The Kier molecular flexibility index (Phi) is 4.35. The first-order chi connectivity index (χ1) is 9.90. The summed E-state index contributed by atoms with van der Waals surface area (Å²) < 4.78 is 0. The molecule has 21 heavy (non-hydrogen) atoms. The third-order valence-corrected chi connectivity index (χ3v) is 3.32. The predicted molar refractivity (Wildman–Crippen MR) is 79.5 cm³/mol. The van der Waals surface area contributed by atoms with E-state index in [0.29, 0.717) is 0 Å². The van der Waals surface area contributed by atoms with E-state index >= 15 is 0 Å². The van der Waals surface area contributed by atoms with E-state index in [2.05, 4.69) is 5.32 Å². The second-order valence-corrected chi connectivity index (χ2v) is 4.90. The average molecular weight is 326 g/mol. The molecule has 0 aliphatic carbocycles. The summed E-state index contributed by atoms with van der Waals surface area (Å²) in [6.07, 6.45) is 0. The Morgan fingerprint density at radius 2 is 1.71 bits per heavy atom. The minimum Gasteiger partial charge on any atom is -0.508 e. The lowest BCUT2D eigenvalue weighted by atomic mass is 10.1. The molecule has 2 aromatic carbocycles. The monoisotopic (exact) mass is 325 g/mol. The number of nitrogens with one attached hydrogen (secondary N) is 1. The Morgan fingerprint density at radius 3 is 2.38 bits per heavy atom. The topological polar surface area (TPSA) is 86.6 Å². The van der Waals surface area contributed by atoms with Gasteiger partial charge in [0.15, 0.2) is 0 Å². The standard InChI is InChI=1S/C14H9Cl2NO4/c15-10-5-4-7(18)6-9(10)13(19)17-12-8(14(20)21)2-1-3-11(12)16/h1-6,18H,(H,17,19)(H,20,21). The molecule has 0 heterocycles. The second-order valence-electron chi connectivity index (χ2n) is 4.09. The van der Waals surface area contributed by atoms with Gasteiger partial charge in [-0.25, -0.2) is 4.79 Å². The van der Waals surface area contributed by atoms with E-state index in [9.17, 15) is 14.7 Å². The van der Waals surface area contributed by atoms with Crippen molar-refractivity contribution >= 4 is 40.8 Å². The summed E-state index contributed by atoms with van der Waals surface area (Å²) in [4.78, 5) is 23.3. The van der Waals surface area contributed by atoms with Gasteiger partial charge in [-0.05, 0) is 30.3 Å². The summed E-state index contributed by atoms with van der Waals surface area (Å²) >= 11 is 11.8. The number of phenolic OH excluding ortho intramolecular Hbond substituents is 1. The van der Waals surface area contributed by atoms with Crippen molar-refractivity contribution < 1.29 is 19.8 Å². The van der Waals surface area contributed by atoms with E-state index in [1.165, 1.54) is 36.4 Å². The van der Waals surface area contributed by atoms with Crippen molar-refractivity contribution in [3.63, 3.8) is 0 Å². The molecule has 0 radical (unpaired) electrons. The van der Waals surface area contributed by atoms with Crippen LogP contribution < -0.4 is 5.32 Å². The van der Waals surface area contributed by atoms with E-state index < -0.39 is 11.9 Å². The quantitative estimate of drug-likeness (QED) is 0.803. The van der Waals surface area contributed by atoms with Crippen LogP contribution in [-0.4, -0.2) is 22.1 Å². The number of halogens is 2. The Bertz CT molecular complexity index is 731. The summed E-state index contributed by atoms with van der Waals surface area (Å²) in [6, 6.07) is 8.09. The predicted octanol–water partition coefficient (Wildman–Crippen LogP) is 3.65. The maximum Gasteiger partial charge on any atom is 0.337 e. The molecule has 3 N–H and O–H groups in total. The highest BCUT2D eigenvalue weighted by atomic mass is 35.5. The first-order valence-electron chi connectivity index (χ1n) is 5.72. The van der Waals surface area contributed by atoms with Crippen LogP contribution in [0.3, 0.4) is 0 Å². The lowest BCUT2D eigenvalue weighted by molar-refractivity contribution is 0.0698. The van der Waals surface area contributed by atoms with Gasteiger partial charge in [0.1, 0.15) is 5.75 Å². The van der Waals surface area contributed by atoms with Gasteiger partial charge in [0.2, 0.25) is 0 Å². The molecule has 0 aliphatic rings. The molecule has 0 aromatic heterocycles. The number of aromatic carboxylic acids is 1. The lowest BCUT2D eigenvalue weighted by Gasteiger charge is -2.11. The molecule has 0 bridgehead atoms. The molecule has 0 spiro atoms. The molecule has 7 heteroatoms. The Hall–Kier alpha value is -2.24. The first-order valence-corrected chi connectivity index (χ1v) is 6.47. The second kappa shape index (κ2) is 6.03. The minimum absolute atomic E-state index is 0.00734. The number of carboxylic acids is 1. The van der Waals surface area contributed by atoms with E-state index in [1.54, 1.807) is 0 Å². The van der Waals surface area contributed by atoms with Crippen LogP contribution in [0.4, 0.5) is 5.69 Å². The molecule has 0 atom stereocenters. The van der Waals surface area contributed by atoms with Gasteiger partial charge in [-0.15, -0.1) is 0 Å². The summed E-state index contributed by atoms with van der Waals surface area (Å²) in [5.74, 6) is -2.04. The van der Waals surface area contributed by atoms with Gasteiger partial charge < -0.3 is 15.5 Å². The maximum absolute atomic E-state index is 12.2. The van der Waals surface area contributed by atoms with Gasteiger partial charge >= 0.3 is 5.97 Å². The van der Waals surface area contributed by atoms with Crippen molar-refractivity contribution in [1.82, 2.24) is 0 Å². The zero-order chi connectivity index (χ0) is 15.6. The van der Waals surface area contributed by atoms with Crippen molar-refractivity contribution in [3.8, 4) is 5.75 Å². The largest absolute Gasteiger partial charge is 0.508 e. The highest BCUT2D eigenvalue weighted by molar-refractivity contribution is 6.36. The fraction of sp³-hybridized carbons (Fsp3) is 0. The number of phenols is 1. The van der Waals surface area contributed by atoms with Crippen molar-refractivity contribution in [2.75, 3.05) is 5.32 Å². The van der Waals surface area contributed by atoms with Crippen LogP contribution in [0, 0.1) is 0 Å². The van der Waals surface area contributed by atoms with Crippen LogP contribution in [0.5, 0.6) is 5.75 Å². The van der Waals surface area contributed by atoms with Crippen LogP contribution in [0.1, 0.15) is 20.7 Å². The van der Waals surface area contributed by atoms with Gasteiger partial charge in [0.25, 0.3) is 5.91 Å². The average Bonchev–Trinajstić information content (AvgIpc) is 2.43. The molecule has 2 aromatic rings. The normalized spacial score (nSPS) is 10.2. The Labute approximate surface area is 129 Å². The summed E-state index contributed by atoms with van der Waals surface area (Å²) in [7, 11) is 0. The molecule has 0 saturated heterocycles. The Balaban J connectivity index is 2.41. The lowest BCUT2D eigenvalue weighted by Crippen LogP contribution is -2.15. The first kappa shape index (κ1) is 15.2. The molecule has 1 amide bonds. The number of carbonyl (C=O) groups is 2. The summed E-state index contributed by atoms with van der Waals surface area (Å²) in [6.45, 7) is 0. The SMILES string of the molecule is O=C(Nc1c(Cl)cccc1C(=O)O)c1cc(O)ccc1Cl. The van der Waals surface area contributed by atoms with Gasteiger partial charge in [-0.1, -0.05) is 29.3 Å². The fourth-order valence-corrected chi connectivity index (χ4v) is 2.12. The van der Waals surface area contributed by atoms with Crippen LogP contribution >= 0.6 is 23.2 Å². The minimum atomic E-state index is -1.23. The van der Waals surface area contributed by atoms with Crippen molar-refractivity contribution in [2.45, 2.75) is 0 Å². The molecule has 2 rings (SSSR count). The zero-order valence-electron chi connectivity index (χ0n) is 10.4. The van der Waals surface area contributed by atoms with Crippen LogP contribution in [0.25, 0.3) is 0 Å². The summed E-state index contributed by atoms with van der Waals surface area (Å²) in [5, 5.41) is 21.1. The summed E-state index contributed by atoms with van der Waals surface area (Å²) in [5.41, 5.74) is -0.170. The third kappa shape index (κ3) is 3.26. The molecule has 0 unspecified atom stereocenters. The van der Waals surface area contributed by atoms with Gasteiger partial charge in [0, 0.05) is 0 Å². The fourth-order valence-electron chi connectivity index (χ4n) is 1.70. The molecule has 0 fully saturated rings. The number of amides is 1. The number of aromatic hydroxyl groups is 1. The molecule has 108 valence electrons. The van der Waals surface area contributed by atoms with Gasteiger partial charge in [-0.2, -0.15) is 0 Å². The van der Waals surface area contributed by atoms with Gasteiger partial charge in [-0.3, -0.25) is 4.79 Å². The van der Waals surface area contributed by atoms with Gasteiger partial charge in [0.05, 0.1) is 26.9 Å². The van der Waals surface area contributed by atoms with Crippen molar-refractivity contribution in [2.24, 2.45) is 0 Å². The van der Waals surface area contributed by atoms with Crippen LogP contribution in [-0.2, 0) is 0 Å². The highest BCUT2D eigenvalue weighted by Crippen LogP contribution is 2.28. The molecule has 5 nitrogen and oxygen atoms in total. The smallest absolute Gasteiger partial charge is 0.337 e. The number of anilines is 1. The van der Waals surface area contributed by atoms with E-state index in [4.69, 9.17) is 28.3 Å². The van der Waals surface area contributed by atoms with Crippen LogP contribution in [0.15, 0.2) is 36.4 Å². The Morgan fingerprint density at radius 1 is 1.00 bits per heavy atom. The molecule has 0 saturated carbocycles. The van der Waals surface area contributed by atoms with Crippen molar-refractivity contribution in [1.29, 1.82) is 0 Å². The number of hydrogen-bond donors (Lipinski definition) is 3. The van der Waals surface area contributed by atoms with E-state index in [-0.39, 0.29) is 32.6 Å². The number of para-hydroxylation sites is 1. The maximum atomic E-state index is 12.2.